The number of sulfone groups is 1. The van der Waals surface area contributed by atoms with Crippen LogP contribution in [-0.2, 0) is 15.6 Å². The van der Waals surface area contributed by atoms with Gasteiger partial charge in [0.05, 0.1) is 18.1 Å². The summed E-state index contributed by atoms with van der Waals surface area (Å²) in [5.41, 5.74) is 1.90. The second kappa shape index (κ2) is 8.13. The number of Topliss-reactive ketones (excluding diaryl/α,β-unsaturated/α-hetero) is 1. The molecule has 6 heteroatoms. The number of benzene rings is 2. The van der Waals surface area contributed by atoms with Crippen molar-refractivity contribution in [1.29, 1.82) is 0 Å². The maximum absolute atomic E-state index is 12.1. The van der Waals surface area contributed by atoms with E-state index in [9.17, 15) is 13.2 Å². The van der Waals surface area contributed by atoms with Gasteiger partial charge in [0.1, 0.15) is 0 Å². The number of carbonyl (C=O) groups excluding carboxylic acids is 1. The zero-order valence-electron chi connectivity index (χ0n) is 12.5. The first kappa shape index (κ1) is 17.5. The molecule has 2 aromatic rings. The lowest BCUT2D eigenvalue weighted by Crippen LogP contribution is -2.16. The Morgan fingerprint density at radius 1 is 1.00 bits per heavy atom. The molecule has 0 spiro atoms. The summed E-state index contributed by atoms with van der Waals surface area (Å²) in [6.45, 7) is 0.108. The number of anilines is 1. The van der Waals surface area contributed by atoms with E-state index in [1.165, 1.54) is 0 Å². The lowest BCUT2D eigenvalue weighted by molar-refractivity contribution is 0.101. The fourth-order valence-electron chi connectivity index (χ4n) is 2.15. The van der Waals surface area contributed by atoms with E-state index in [1.54, 1.807) is 48.5 Å². The minimum Gasteiger partial charge on any atom is -0.377 e. The number of halogens is 1. The van der Waals surface area contributed by atoms with Crippen LogP contribution in [0, 0.1) is 0 Å². The molecule has 2 aromatic carbocycles. The van der Waals surface area contributed by atoms with E-state index in [0.717, 1.165) is 0 Å². The number of hydrogen-bond donors (Lipinski definition) is 1. The number of ketones is 1. The van der Waals surface area contributed by atoms with Gasteiger partial charge in [0.25, 0.3) is 0 Å². The van der Waals surface area contributed by atoms with Crippen molar-refractivity contribution < 1.29 is 13.2 Å². The van der Waals surface area contributed by atoms with Crippen LogP contribution in [0.2, 0.25) is 0 Å². The normalized spacial score (nSPS) is 11.2. The van der Waals surface area contributed by atoms with Gasteiger partial charge in [-0.15, -0.1) is 11.6 Å². The Morgan fingerprint density at radius 3 is 2.35 bits per heavy atom. The first-order valence-corrected chi connectivity index (χ1v) is 9.54. The molecule has 0 fully saturated rings. The molecular formula is C17H18ClNO3S. The molecule has 0 amide bonds. The van der Waals surface area contributed by atoms with Gasteiger partial charge in [-0.25, -0.2) is 8.42 Å². The van der Waals surface area contributed by atoms with Crippen molar-refractivity contribution in [2.24, 2.45) is 0 Å². The van der Waals surface area contributed by atoms with E-state index in [-0.39, 0.29) is 29.7 Å². The van der Waals surface area contributed by atoms with Crippen LogP contribution in [0.4, 0.5) is 5.69 Å². The van der Waals surface area contributed by atoms with Crippen LogP contribution >= 0.6 is 11.6 Å². The summed E-state index contributed by atoms with van der Waals surface area (Å²) in [6.07, 6.45) is 0. The minimum absolute atomic E-state index is 0.0518. The first-order valence-electron chi connectivity index (χ1n) is 7.18. The van der Waals surface area contributed by atoms with Gasteiger partial charge >= 0.3 is 0 Å². The lowest BCUT2D eigenvalue weighted by Gasteiger charge is -2.12. The Kier molecular flexibility index (Phi) is 6.19. The summed E-state index contributed by atoms with van der Waals surface area (Å²) in [5, 5.41) is 3.03. The molecule has 0 bridgehead atoms. The molecule has 0 aliphatic rings. The van der Waals surface area contributed by atoms with E-state index in [1.807, 2.05) is 6.07 Å². The van der Waals surface area contributed by atoms with Gasteiger partial charge in [-0.05, 0) is 11.6 Å². The molecule has 0 aliphatic heterocycles. The predicted octanol–water partition coefficient (Wildman–Crippen LogP) is 3.14. The highest BCUT2D eigenvalue weighted by Crippen LogP contribution is 2.18. The van der Waals surface area contributed by atoms with Gasteiger partial charge < -0.3 is 5.32 Å². The summed E-state index contributed by atoms with van der Waals surface area (Å²) in [6, 6.07) is 16.0. The van der Waals surface area contributed by atoms with Crippen molar-refractivity contribution in [3.63, 3.8) is 0 Å². The molecule has 0 aromatic heterocycles. The van der Waals surface area contributed by atoms with Gasteiger partial charge in [0.15, 0.2) is 15.6 Å². The molecule has 0 aliphatic carbocycles. The van der Waals surface area contributed by atoms with E-state index in [4.69, 9.17) is 11.6 Å². The number of rotatable bonds is 8. The lowest BCUT2D eigenvalue weighted by atomic mass is 10.1. The topological polar surface area (TPSA) is 63.2 Å². The van der Waals surface area contributed by atoms with E-state index < -0.39 is 9.84 Å². The third-order valence-electron chi connectivity index (χ3n) is 3.32. The SMILES string of the molecule is O=C(CNc1ccccc1CS(=O)(=O)CCCl)c1ccccc1. The van der Waals surface area contributed by atoms with Gasteiger partial charge in [0.2, 0.25) is 0 Å². The van der Waals surface area contributed by atoms with Crippen molar-refractivity contribution in [2.75, 3.05) is 23.5 Å². The molecule has 0 unspecified atom stereocenters. The Bertz CT molecular complexity index is 760. The molecule has 2 rings (SSSR count). The molecule has 1 N–H and O–H groups in total. The maximum Gasteiger partial charge on any atom is 0.181 e. The fourth-order valence-corrected chi connectivity index (χ4v) is 3.96. The summed E-state index contributed by atoms with van der Waals surface area (Å²) in [7, 11) is -3.25. The zero-order valence-corrected chi connectivity index (χ0v) is 14.1. The average molecular weight is 352 g/mol. The number of nitrogens with one attached hydrogen (secondary N) is 1. The fraction of sp³-hybridized carbons (Fsp3) is 0.235. The van der Waals surface area contributed by atoms with Gasteiger partial charge in [-0.2, -0.15) is 0 Å². The zero-order chi connectivity index (χ0) is 16.7. The molecule has 0 atom stereocenters. The summed E-state index contributed by atoms with van der Waals surface area (Å²) < 4.78 is 23.9. The Hall–Kier alpha value is -1.85. The quantitative estimate of drug-likeness (QED) is 0.586. The van der Waals surface area contributed by atoms with Crippen LogP contribution in [0.3, 0.4) is 0 Å². The second-order valence-electron chi connectivity index (χ2n) is 5.08. The number of carbonyl (C=O) groups is 1. The highest BCUT2D eigenvalue weighted by Gasteiger charge is 2.14. The van der Waals surface area contributed by atoms with Crippen molar-refractivity contribution in [3.8, 4) is 0 Å². The van der Waals surface area contributed by atoms with Crippen molar-refractivity contribution >= 4 is 32.9 Å². The van der Waals surface area contributed by atoms with Crippen LogP contribution in [0.5, 0.6) is 0 Å². The maximum atomic E-state index is 12.1. The molecule has 0 radical (unpaired) electrons. The highest BCUT2D eigenvalue weighted by atomic mass is 35.5. The highest BCUT2D eigenvalue weighted by molar-refractivity contribution is 7.90. The summed E-state index contributed by atoms with van der Waals surface area (Å²) in [5.74, 6) is -0.136. The van der Waals surface area contributed by atoms with Crippen LogP contribution < -0.4 is 5.32 Å². The van der Waals surface area contributed by atoms with Crippen LogP contribution in [0.1, 0.15) is 15.9 Å². The second-order valence-corrected chi connectivity index (χ2v) is 7.64. The number of para-hydroxylation sites is 1. The van der Waals surface area contributed by atoms with E-state index in [0.29, 0.717) is 16.8 Å². The molecule has 0 saturated heterocycles. The molecule has 4 nitrogen and oxygen atoms in total. The van der Waals surface area contributed by atoms with Gasteiger partial charge in [-0.1, -0.05) is 48.5 Å². The van der Waals surface area contributed by atoms with Gasteiger partial charge in [-0.3, -0.25) is 4.79 Å². The van der Waals surface area contributed by atoms with Crippen LogP contribution in [-0.4, -0.2) is 32.4 Å². The molecule has 0 saturated carbocycles. The molecular weight excluding hydrogens is 334 g/mol. The van der Waals surface area contributed by atoms with Crippen molar-refractivity contribution in [3.05, 3.63) is 65.7 Å². The van der Waals surface area contributed by atoms with Crippen molar-refractivity contribution in [1.82, 2.24) is 0 Å². The predicted molar refractivity (Wildman–Crippen MR) is 93.9 cm³/mol. The monoisotopic (exact) mass is 351 g/mol. The molecule has 0 heterocycles. The Balaban J connectivity index is 2.08. The third kappa shape index (κ3) is 5.37. The van der Waals surface area contributed by atoms with Crippen LogP contribution in [0.25, 0.3) is 0 Å². The largest absolute Gasteiger partial charge is 0.377 e. The Labute approximate surface area is 141 Å². The van der Waals surface area contributed by atoms with E-state index >= 15 is 0 Å². The Morgan fingerprint density at radius 2 is 1.65 bits per heavy atom. The smallest absolute Gasteiger partial charge is 0.181 e. The minimum atomic E-state index is -3.25. The molecule has 122 valence electrons. The summed E-state index contributed by atoms with van der Waals surface area (Å²) >= 11 is 5.52. The molecule has 23 heavy (non-hydrogen) atoms. The number of alkyl halides is 1. The van der Waals surface area contributed by atoms with E-state index in [2.05, 4.69) is 5.32 Å². The first-order chi connectivity index (χ1) is 11.0. The standard InChI is InChI=1S/C17H18ClNO3S/c18-10-11-23(21,22)13-15-8-4-5-9-16(15)19-12-17(20)14-6-2-1-3-7-14/h1-9,19H,10-13H2. The summed E-state index contributed by atoms with van der Waals surface area (Å²) in [4.78, 5) is 12.1. The van der Waals surface area contributed by atoms with Gasteiger partial charge in [0, 0.05) is 17.1 Å². The van der Waals surface area contributed by atoms with Crippen LogP contribution in [0.15, 0.2) is 54.6 Å². The third-order valence-corrected chi connectivity index (χ3v) is 5.31. The van der Waals surface area contributed by atoms with Crippen molar-refractivity contribution in [2.45, 2.75) is 5.75 Å². The average Bonchev–Trinajstić information content (AvgIpc) is 2.54. The number of hydrogen-bond acceptors (Lipinski definition) is 4.